The van der Waals surface area contributed by atoms with E-state index in [1.807, 2.05) is 36.4 Å². The number of esters is 2. The molecule has 1 N–H and O–H groups in total. The highest BCUT2D eigenvalue weighted by Crippen LogP contribution is 2.58. The van der Waals surface area contributed by atoms with Gasteiger partial charge in [0.2, 0.25) is 0 Å². The number of carbonyl (C=O) groups is 5. The molecule has 320 valence electrons. The highest BCUT2D eigenvalue weighted by atomic mass is 79.9. The number of β-lactam (4-membered cyclic amide) rings is 2. The highest BCUT2D eigenvalue weighted by molar-refractivity contribution is 9.10. The molecule has 11 rings (SSSR count). The van der Waals surface area contributed by atoms with Crippen LogP contribution in [0.1, 0.15) is 29.7 Å². The van der Waals surface area contributed by atoms with Crippen LogP contribution in [0.25, 0.3) is 28.1 Å². The molecule has 2 amide bonds. The standard InChI is InChI=1S/C25H19BrN4O7S2.C16H11N3O3S2/c1-13(31)37-20(15-4-7-17-18(10-15)28-8-9-38-24(28)27-17)25(26)22(33)29-19(12-39-23(25)29)21(32)36-11-14-2-5-16(6-3-14)30(34)35;20-13-9(14-19(13)12(7-24-14)15(21)22)5-8-1-2-10-11(6-8)18-3-4-23-16(18)17-10/h2-7,10,12,20,23H,8-9,11H2,1H3;1-2,5-7,14H,3-4H2,(H,21,22)/t;14-/m.1/s1. The van der Waals surface area contributed by atoms with Crippen molar-refractivity contribution in [1.82, 2.24) is 28.9 Å². The van der Waals surface area contributed by atoms with Gasteiger partial charge in [-0.25, -0.2) is 19.6 Å². The van der Waals surface area contributed by atoms with Crippen molar-refractivity contribution in [3.8, 4) is 0 Å². The maximum Gasteiger partial charge on any atom is 0.355 e. The summed E-state index contributed by atoms with van der Waals surface area (Å²) in [7, 11) is 0. The fourth-order valence-corrected chi connectivity index (χ4v) is 13.4. The van der Waals surface area contributed by atoms with Gasteiger partial charge in [0.25, 0.3) is 17.5 Å². The Hall–Kier alpha value is -5.55. The lowest BCUT2D eigenvalue weighted by Gasteiger charge is -2.51. The molecule has 22 heteroatoms. The van der Waals surface area contributed by atoms with Crippen LogP contribution in [0.4, 0.5) is 5.69 Å². The second-order valence-corrected chi connectivity index (χ2v) is 20.1. The van der Waals surface area contributed by atoms with Crippen molar-refractivity contribution in [3.05, 3.63) is 115 Å². The van der Waals surface area contributed by atoms with Crippen LogP contribution in [0.2, 0.25) is 0 Å². The largest absolute Gasteiger partial charge is 0.477 e. The van der Waals surface area contributed by atoms with Gasteiger partial charge in [0, 0.05) is 54.5 Å². The minimum absolute atomic E-state index is 0.0632. The number of carboxylic acids is 1. The smallest absolute Gasteiger partial charge is 0.355 e. The van der Waals surface area contributed by atoms with E-state index in [0.717, 1.165) is 62.5 Å². The molecule has 0 radical (unpaired) electrons. The molecule has 3 aromatic carbocycles. The van der Waals surface area contributed by atoms with Crippen LogP contribution in [-0.4, -0.2) is 95.2 Å². The zero-order valence-corrected chi connectivity index (χ0v) is 37.4. The van der Waals surface area contributed by atoms with E-state index >= 15 is 0 Å². The number of carboxylic acid groups (broad SMARTS) is 1. The maximum absolute atomic E-state index is 13.6. The fourth-order valence-electron chi connectivity index (χ4n) is 8.03. The maximum atomic E-state index is 13.6. The molecule has 2 saturated heterocycles. The summed E-state index contributed by atoms with van der Waals surface area (Å²) in [6.45, 7) is 2.94. The van der Waals surface area contributed by atoms with Gasteiger partial charge in [0.05, 0.1) is 32.6 Å². The number of halogens is 1. The third-order valence-corrected chi connectivity index (χ3v) is 16.7. The third kappa shape index (κ3) is 6.93. The van der Waals surface area contributed by atoms with Crippen LogP contribution in [0.5, 0.6) is 0 Å². The first-order valence-electron chi connectivity index (χ1n) is 19.2. The molecule has 2 fully saturated rings. The molecule has 2 aromatic heterocycles. The van der Waals surface area contributed by atoms with E-state index in [0.29, 0.717) is 16.7 Å². The quantitative estimate of drug-likeness (QED) is 0.0409. The Labute approximate surface area is 381 Å². The number of imidazole rings is 2. The van der Waals surface area contributed by atoms with Gasteiger partial charge in [0.15, 0.2) is 20.7 Å². The van der Waals surface area contributed by atoms with Crippen LogP contribution in [-0.2, 0) is 53.1 Å². The minimum atomic E-state index is -1.31. The number of hydrogen-bond donors (Lipinski definition) is 1. The Morgan fingerprint density at radius 1 is 0.937 bits per heavy atom. The summed E-state index contributed by atoms with van der Waals surface area (Å²) in [6, 6.07) is 17.2. The van der Waals surface area contributed by atoms with E-state index in [-0.39, 0.29) is 35.0 Å². The van der Waals surface area contributed by atoms with Crippen molar-refractivity contribution >= 4 is 127 Å². The lowest BCUT2D eigenvalue weighted by Crippen LogP contribution is -2.70. The number of hydrogen-bond acceptors (Lipinski definition) is 15. The Kier molecular flexibility index (Phi) is 10.5. The van der Waals surface area contributed by atoms with E-state index in [4.69, 9.17) is 14.6 Å². The van der Waals surface area contributed by atoms with E-state index in [9.17, 15) is 34.1 Å². The molecule has 8 heterocycles. The number of aryl methyl sites for hydroxylation is 2. The first-order chi connectivity index (χ1) is 30.3. The van der Waals surface area contributed by atoms with E-state index in [1.165, 1.54) is 69.9 Å². The first kappa shape index (κ1) is 41.5. The lowest BCUT2D eigenvalue weighted by molar-refractivity contribution is -0.384. The Morgan fingerprint density at radius 2 is 1.59 bits per heavy atom. The number of amides is 2. The van der Waals surface area contributed by atoms with Gasteiger partial charge in [0.1, 0.15) is 28.7 Å². The number of benzene rings is 3. The number of non-ortho nitro benzene ring substituents is 1. The number of aliphatic carboxylic acids is 1. The summed E-state index contributed by atoms with van der Waals surface area (Å²) in [5.74, 6) is -1.00. The van der Waals surface area contributed by atoms with Gasteiger partial charge in [-0.3, -0.25) is 34.3 Å². The lowest BCUT2D eigenvalue weighted by atomic mass is 9.86. The summed E-state index contributed by atoms with van der Waals surface area (Å²) in [4.78, 5) is 84.2. The first-order valence-corrected chi connectivity index (χ1v) is 23.8. The molecule has 0 aliphatic carbocycles. The molecule has 3 unspecified atom stereocenters. The molecule has 5 aromatic rings. The molecule has 0 saturated carbocycles. The van der Waals surface area contributed by atoms with E-state index in [1.54, 1.807) is 35.0 Å². The second-order valence-electron chi connectivity index (χ2n) is 14.8. The predicted molar refractivity (Wildman–Crippen MR) is 238 cm³/mol. The summed E-state index contributed by atoms with van der Waals surface area (Å²) in [6.07, 6.45) is 0.904. The van der Waals surface area contributed by atoms with Gasteiger partial charge >= 0.3 is 17.9 Å². The number of alkyl halides is 1. The molecular weight excluding hydrogens is 959 g/mol. The van der Waals surface area contributed by atoms with Gasteiger partial charge in [-0.1, -0.05) is 51.6 Å². The average Bonchev–Trinajstić information content (AvgIpc) is 4.13. The van der Waals surface area contributed by atoms with Crippen LogP contribution >= 0.6 is 63.0 Å². The normalized spacial score (nSPS) is 22.6. The Bertz CT molecular complexity index is 2970. The monoisotopic (exact) mass is 987 g/mol. The van der Waals surface area contributed by atoms with Crippen molar-refractivity contribution in [2.75, 3.05) is 11.5 Å². The zero-order valence-electron chi connectivity index (χ0n) is 32.5. The number of nitrogens with zero attached hydrogens (tertiary/aromatic N) is 7. The molecule has 6 aliphatic heterocycles. The molecule has 17 nitrogen and oxygen atoms in total. The van der Waals surface area contributed by atoms with Crippen LogP contribution in [0, 0.1) is 10.1 Å². The van der Waals surface area contributed by atoms with Crippen LogP contribution < -0.4 is 0 Å². The van der Waals surface area contributed by atoms with Crippen LogP contribution in [0.3, 0.4) is 0 Å². The van der Waals surface area contributed by atoms with Crippen molar-refractivity contribution in [3.63, 3.8) is 0 Å². The second kappa shape index (κ2) is 15.9. The third-order valence-electron chi connectivity index (χ3n) is 11.0. The van der Waals surface area contributed by atoms with Crippen molar-refractivity contribution in [2.24, 2.45) is 0 Å². The summed E-state index contributed by atoms with van der Waals surface area (Å²) < 4.78 is 14.1. The summed E-state index contributed by atoms with van der Waals surface area (Å²) >= 11 is 9.64. The summed E-state index contributed by atoms with van der Waals surface area (Å²) in [5.41, 5.74) is 6.62. The average molecular weight is 989 g/mol. The number of ether oxygens (including phenoxy) is 2. The number of aromatic nitrogens is 4. The minimum Gasteiger partial charge on any atom is -0.477 e. The van der Waals surface area contributed by atoms with Gasteiger partial charge in [-0.2, -0.15) is 0 Å². The highest BCUT2D eigenvalue weighted by Gasteiger charge is 2.69. The number of rotatable bonds is 9. The molecular formula is C41H30BrN7O10S4. The van der Waals surface area contributed by atoms with Gasteiger partial charge in [-0.15, -0.1) is 23.5 Å². The number of nitro benzene ring substituents is 1. The molecule has 4 atom stereocenters. The predicted octanol–water partition coefficient (Wildman–Crippen LogP) is 6.65. The Balaban J connectivity index is 0.000000167. The molecule has 0 spiro atoms. The van der Waals surface area contributed by atoms with E-state index < -0.39 is 44.5 Å². The van der Waals surface area contributed by atoms with Crippen molar-refractivity contribution in [1.29, 1.82) is 0 Å². The van der Waals surface area contributed by atoms with Crippen molar-refractivity contribution in [2.45, 2.75) is 58.1 Å². The number of thioether (sulfide) groups is 4. The van der Waals surface area contributed by atoms with Gasteiger partial charge < -0.3 is 23.7 Å². The zero-order chi connectivity index (χ0) is 43.9. The molecule has 0 bridgehead atoms. The number of nitro groups is 1. The van der Waals surface area contributed by atoms with Gasteiger partial charge in [-0.05, 0) is 59.2 Å². The number of fused-ring (bicyclic) bond motifs is 8. The number of carbonyl (C=O) groups excluding carboxylic acids is 4. The Morgan fingerprint density at radius 3 is 2.24 bits per heavy atom. The van der Waals surface area contributed by atoms with Crippen LogP contribution in [0.15, 0.2) is 98.8 Å². The summed E-state index contributed by atoms with van der Waals surface area (Å²) in [5, 5.41) is 24.2. The fraction of sp³-hybridized carbons (Fsp3) is 0.244. The van der Waals surface area contributed by atoms with Crippen molar-refractivity contribution < 1.29 is 43.5 Å². The molecule has 6 aliphatic rings. The van der Waals surface area contributed by atoms with E-state index in [2.05, 4.69) is 35.0 Å². The SMILES string of the molecule is CC(=O)OC(c1ccc2nc3n(c2c1)CCS3)C1(Br)C(=O)N2C(C(=O)OCc3ccc([N+](=O)[O-])cc3)=CSC21.O=C(O)C1=CS[C@@H]2C(=Cc3ccc4nc5n(c4c3)CCS5)C(=O)N12. The molecule has 63 heavy (non-hydrogen) atoms. The topological polar surface area (TPSA) is 209 Å².